The van der Waals surface area contributed by atoms with Gasteiger partial charge in [-0.25, -0.2) is 4.39 Å². The van der Waals surface area contributed by atoms with E-state index in [1.807, 2.05) is 0 Å². The number of carbonyl (C=O) groups is 1. The number of nitrogens with one attached hydrogen (secondary N) is 1. The number of amides is 1. The van der Waals surface area contributed by atoms with Gasteiger partial charge in [0.15, 0.2) is 5.69 Å². The van der Waals surface area contributed by atoms with Crippen LogP contribution >= 0.6 is 0 Å². The van der Waals surface area contributed by atoms with Gasteiger partial charge in [-0.15, -0.1) is 0 Å². The third-order valence-corrected chi connectivity index (χ3v) is 2.23. The summed E-state index contributed by atoms with van der Waals surface area (Å²) in [7, 11) is 1.63. The fourth-order valence-corrected chi connectivity index (χ4v) is 1.35. The molecule has 5 nitrogen and oxygen atoms in total. The lowest BCUT2D eigenvalue weighted by molar-refractivity contribution is 0.102. The van der Waals surface area contributed by atoms with Crippen molar-refractivity contribution in [3.63, 3.8) is 0 Å². The smallest absolute Gasteiger partial charge is 0.276 e. The molecular weight excluding hydrogens is 223 g/mol. The maximum Gasteiger partial charge on any atom is 0.276 e. The van der Waals surface area contributed by atoms with Crippen molar-refractivity contribution in [2.45, 2.75) is 0 Å². The Hall–Kier alpha value is -2.37. The molecule has 0 unspecified atom stereocenters. The number of hydrogen-bond acceptors (Lipinski definition) is 3. The molecule has 0 fully saturated rings. The van der Waals surface area contributed by atoms with E-state index in [2.05, 4.69) is 10.4 Å². The first-order valence-electron chi connectivity index (χ1n) is 4.92. The van der Waals surface area contributed by atoms with Crippen molar-refractivity contribution in [2.24, 2.45) is 7.05 Å². The molecule has 2 aromatic rings. The maximum absolute atomic E-state index is 12.9. The Morgan fingerprint density at radius 3 is 2.82 bits per heavy atom. The zero-order valence-electron chi connectivity index (χ0n) is 9.14. The summed E-state index contributed by atoms with van der Waals surface area (Å²) in [6.45, 7) is 0. The fourth-order valence-electron chi connectivity index (χ4n) is 1.35. The molecule has 0 bridgehead atoms. The van der Waals surface area contributed by atoms with Crippen LogP contribution in [0.25, 0.3) is 0 Å². The highest BCUT2D eigenvalue weighted by molar-refractivity contribution is 6.03. The van der Waals surface area contributed by atoms with Crippen LogP contribution < -0.4 is 11.1 Å². The van der Waals surface area contributed by atoms with Crippen LogP contribution in [0.3, 0.4) is 0 Å². The summed E-state index contributed by atoms with van der Waals surface area (Å²) in [4.78, 5) is 11.7. The van der Waals surface area contributed by atoms with Gasteiger partial charge < -0.3 is 11.1 Å². The third kappa shape index (κ3) is 2.41. The molecule has 1 aromatic carbocycles. The van der Waals surface area contributed by atoms with Crippen molar-refractivity contribution < 1.29 is 9.18 Å². The largest absolute Gasteiger partial charge is 0.384 e. The molecule has 3 N–H and O–H groups in total. The van der Waals surface area contributed by atoms with Gasteiger partial charge in [0.1, 0.15) is 11.6 Å². The van der Waals surface area contributed by atoms with Crippen molar-refractivity contribution in [3.8, 4) is 0 Å². The molecule has 0 radical (unpaired) electrons. The standard InChI is InChI=1S/C11H11FN4O/c1-16-10(13)6-9(15-16)11(17)14-8-4-2-3-7(12)5-8/h2-6H,13H2,1H3,(H,14,17). The van der Waals surface area contributed by atoms with E-state index in [0.717, 1.165) is 0 Å². The van der Waals surface area contributed by atoms with Gasteiger partial charge in [-0.1, -0.05) is 6.07 Å². The van der Waals surface area contributed by atoms with Crippen molar-refractivity contribution in [2.75, 3.05) is 11.1 Å². The molecule has 0 aliphatic heterocycles. The Morgan fingerprint density at radius 2 is 2.24 bits per heavy atom. The van der Waals surface area contributed by atoms with E-state index < -0.39 is 11.7 Å². The van der Waals surface area contributed by atoms with E-state index in [4.69, 9.17) is 5.73 Å². The van der Waals surface area contributed by atoms with Crippen LogP contribution in [0.5, 0.6) is 0 Å². The molecule has 88 valence electrons. The average Bonchev–Trinajstić information content (AvgIpc) is 2.59. The van der Waals surface area contributed by atoms with Gasteiger partial charge >= 0.3 is 0 Å². The number of anilines is 2. The van der Waals surface area contributed by atoms with Gasteiger partial charge in [0, 0.05) is 18.8 Å². The highest BCUT2D eigenvalue weighted by atomic mass is 19.1. The number of aromatic nitrogens is 2. The topological polar surface area (TPSA) is 72.9 Å². The Bertz CT molecular complexity index is 545. The van der Waals surface area contributed by atoms with Gasteiger partial charge in [0.2, 0.25) is 0 Å². The number of nitrogen functional groups attached to an aromatic ring is 1. The number of carbonyl (C=O) groups excluding carboxylic acids is 1. The minimum atomic E-state index is -0.428. The summed E-state index contributed by atoms with van der Waals surface area (Å²) in [5.74, 6) is -0.458. The maximum atomic E-state index is 12.9. The summed E-state index contributed by atoms with van der Waals surface area (Å²) in [5, 5.41) is 6.44. The van der Waals surface area contributed by atoms with E-state index in [0.29, 0.717) is 11.5 Å². The first-order chi connectivity index (χ1) is 8.06. The van der Waals surface area contributed by atoms with E-state index in [9.17, 15) is 9.18 Å². The van der Waals surface area contributed by atoms with Gasteiger partial charge in [-0.3, -0.25) is 9.48 Å². The van der Waals surface area contributed by atoms with Gasteiger partial charge in [-0.2, -0.15) is 5.10 Å². The summed E-state index contributed by atoms with van der Waals surface area (Å²) in [6.07, 6.45) is 0. The molecule has 2 rings (SSSR count). The SMILES string of the molecule is Cn1nc(C(=O)Nc2cccc(F)c2)cc1N. The highest BCUT2D eigenvalue weighted by Crippen LogP contribution is 2.11. The van der Waals surface area contributed by atoms with Crippen LogP contribution in [0.15, 0.2) is 30.3 Å². The molecule has 0 aliphatic carbocycles. The molecular formula is C11H11FN4O. The molecule has 1 heterocycles. The number of nitrogens with zero attached hydrogens (tertiary/aromatic N) is 2. The van der Waals surface area contributed by atoms with Crippen LogP contribution in [0, 0.1) is 5.82 Å². The predicted molar refractivity (Wildman–Crippen MR) is 62.0 cm³/mol. The minimum absolute atomic E-state index is 0.189. The minimum Gasteiger partial charge on any atom is -0.384 e. The Morgan fingerprint density at radius 1 is 1.47 bits per heavy atom. The fraction of sp³-hybridized carbons (Fsp3) is 0.0909. The van der Waals surface area contributed by atoms with Crippen molar-refractivity contribution >= 4 is 17.4 Å². The molecule has 0 spiro atoms. The zero-order chi connectivity index (χ0) is 12.4. The van der Waals surface area contributed by atoms with Crippen LogP contribution in [-0.4, -0.2) is 15.7 Å². The second-order valence-corrected chi connectivity index (χ2v) is 3.54. The number of rotatable bonds is 2. The number of nitrogens with two attached hydrogens (primary N) is 1. The van der Waals surface area contributed by atoms with Crippen LogP contribution in [0.4, 0.5) is 15.9 Å². The lowest BCUT2D eigenvalue weighted by Gasteiger charge is -2.02. The zero-order valence-corrected chi connectivity index (χ0v) is 9.14. The van der Waals surface area contributed by atoms with E-state index in [1.165, 1.54) is 28.9 Å². The first kappa shape index (κ1) is 11.1. The molecule has 0 aliphatic rings. The summed E-state index contributed by atoms with van der Waals surface area (Å²) < 4.78 is 14.3. The van der Waals surface area contributed by atoms with Crippen LogP contribution in [-0.2, 0) is 7.05 Å². The summed E-state index contributed by atoms with van der Waals surface area (Å²) in [6, 6.07) is 7.08. The van der Waals surface area contributed by atoms with E-state index in [1.54, 1.807) is 13.1 Å². The van der Waals surface area contributed by atoms with Crippen molar-refractivity contribution in [1.29, 1.82) is 0 Å². The average molecular weight is 234 g/mol. The lowest BCUT2D eigenvalue weighted by atomic mass is 10.3. The summed E-state index contributed by atoms with van der Waals surface area (Å²) in [5.41, 5.74) is 6.12. The third-order valence-electron chi connectivity index (χ3n) is 2.23. The monoisotopic (exact) mass is 234 g/mol. The van der Waals surface area contributed by atoms with E-state index in [-0.39, 0.29) is 5.69 Å². The Balaban J connectivity index is 2.17. The molecule has 1 aromatic heterocycles. The number of aryl methyl sites for hydroxylation is 1. The van der Waals surface area contributed by atoms with Crippen molar-refractivity contribution in [3.05, 3.63) is 41.8 Å². The molecule has 17 heavy (non-hydrogen) atoms. The van der Waals surface area contributed by atoms with Crippen LogP contribution in [0.2, 0.25) is 0 Å². The Labute approximate surface area is 97.0 Å². The second kappa shape index (κ2) is 4.25. The lowest BCUT2D eigenvalue weighted by Crippen LogP contribution is -2.13. The molecule has 6 heteroatoms. The molecule has 0 atom stereocenters. The number of benzene rings is 1. The predicted octanol–water partition coefficient (Wildman–Crippen LogP) is 1.39. The number of hydrogen-bond donors (Lipinski definition) is 2. The van der Waals surface area contributed by atoms with Crippen molar-refractivity contribution in [1.82, 2.24) is 9.78 Å². The van der Waals surface area contributed by atoms with Crippen LogP contribution in [0.1, 0.15) is 10.5 Å². The molecule has 1 amide bonds. The normalized spacial score (nSPS) is 10.2. The first-order valence-corrected chi connectivity index (χ1v) is 4.92. The van der Waals surface area contributed by atoms with Gasteiger partial charge in [0.25, 0.3) is 5.91 Å². The van der Waals surface area contributed by atoms with E-state index >= 15 is 0 Å². The Kier molecular flexibility index (Phi) is 2.78. The molecule has 0 saturated heterocycles. The highest BCUT2D eigenvalue weighted by Gasteiger charge is 2.11. The van der Waals surface area contributed by atoms with Gasteiger partial charge in [-0.05, 0) is 18.2 Å². The number of halogens is 1. The summed E-state index contributed by atoms with van der Waals surface area (Å²) >= 11 is 0. The van der Waals surface area contributed by atoms with Gasteiger partial charge in [0.05, 0.1) is 0 Å². The second-order valence-electron chi connectivity index (χ2n) is 3.54. The quantitative estimate of drug-likeness (QED) is 0.824. The molecule has 0 saturated carbocycles.